The number of amides is 1. The van der Waals surface area contributed by atoms with E-state index in [1.54, 1.807) is 16.8 Å². The molecular formula is C17H23FN4O2. The molecule has 0 atom stereocenters. The van der Waals surface area contributed by atoms with Gasteiger partial charge in [-0.2, -0.15) is 5.10 Å². The number of benzene rings is 1. The minimum Gasteiger partial charge on any atom is -0.394 e. The van der Waals surface area contributed by atoms with Crippen molar-refractivity contribution in [2.45, 2.75) is 26.9 Å². The lowest BCUT2D eigenvalue weighted by Gasteiger charge is -2.08. The fourth-order valence-electron chi connectivity index (χ4n) is 2.52. The number of nitrogens with one attached hydrogen (secondary N) is 2. The van der Waals surface area contributed by atoms with E-state index >= 15 is 0 Å². The van der Waals surface area contributed by atoms with Crippen molar-refractivity contribution in [3.8, 4) is 0 Å². The smallest absolute Gasteiger partial charge is 0.254 e. The van der Waals surface area contributed by atoms with Gasteiger partial charge in [-0.15, -0.1) is 0 Å². The van der Waals surface area contributed by atoms with Gasteiger partial charge in [0.15, 0.2) is 0 Å². The van der Waals surface area contributed by atoms with Crippen LogP contribution in [-0.2, 0) is 13.1 Å². The Hall–Kier alpha value is -2.25. The van der Waals surface area contributed by atoms with E-state index in [1.165, 1.54) is 12.1 Å². The fourth-order valence-corrected chi connectivity index (χ4v) is 2.52. The Morgan fingerprint density at radius 2 is 2.04 bits per heavy atom. The van der Waals surface area contributed by atoms with Gasteiger partial charge in [0.05, 0.1) is 24.4 Å². The highest BCUT2D eigenvalue weighted by Gasteiger charge is 2.11. The summed E-state index contributed by atoms with van der Waals surface area (Å²) < 4.78 is 15.3. The minimum absolute atomic E-state index is 0.0504. The molecule has 2 rings (SSSR count). The molecule has 0 radical (unpaired) electrons. The zero-order valence-electron chi connectivity index (χ0n) is 14.0. The number of carbonyl (C=O) groups is 1. The number of nitrogens with zero attached hydrogens (tertiary/aromatic N) is 2. The number of rotatable bonds is 8. The third-order valence-electron chi connectivity index (χ3n) is 3.85. The second kappa shape index (κ2) is 8.56. The number of hydrogen-bond acceptors (Lipinski definition) is 4. The molecule has 1 aromatic carbocycles. The topological polar surface area (TPSA) is 79.2 Å². The lowest BCUT2D eigenvalue weighted by Crippen LogP contribution is -2.32. The van der Waals surface area contributed by atoms with E-state index in [-0.39, 0.29) is 12.2 Å². The van der Waals surface area contributed by atoms with E-state index in [4.69, 9.17) is 5.11 Å². The molecule has 0 fully saturated rings. The molecule has 1 amide bonds. The number of aromatic nitrogens is 2. The van der Waals surface area contributed by atoms with Gasteiger partial charge >= 0.3 is 0 Å². The monoisotopic (exact) mass is 334 g/mol. The first-order valence-electron chi connectivity index (χ1n) is 7.91. The molecule has 0 saturated carbocycles. The molecule has 6 nitrogen and oxygen atoms in total. The van der Waals surface area contributed by atoms with Crippen LogP contribution >= 0.6 is 0 Å². The average Bonchev–Trinajstić information content (AvgIpc) is 2.82. The van der Waals surface area contributed by atoms with E-state index in [9.17, 15) is 9.18 Å². The quantitative estimate of drug-likeness (QED) is 0.633. The molecule has 0 bridgehead atoms. The summed E-state index contributed by atoms with van der Waals surface area (Å²) >= 11 is 0. The second-order valence-corrected chi connectivity index (χ2v) is 5.51. The molecule has 1 heterocycles. The predicted molar refractivity (Wildman–Crippen MR) is 89.2 cm³/mol. The van der Waals surface area contributed by atoms with Crippen LogP contribution in [0.3, 0.4) is 0 Å². The molecule has 0 aliphatic heterocycles. The number of carbonyl (C=O) groups excluding carboxylic acids is 1. The summed E-state index contributed by atoms with van der Waals surface area (Å²) in [7, 11) is 0. The molecular weight excluding hydrogens is 311 g/mol. The summed E-state index contributed by atoms with van der Waals surface area (Å²) in [4.78, 5) is 11.9. The lowest BCUT2D eigenvalue weighted by molar-refractivity contribution is 0.0950. The normalized spacial score (nSPS) is 10.8. The van der Waals surface area contributed by atoms with Crippen LogP contribution in [0.4, 0.5) is 4.39 Å². The maximum absolute atomic E-state index is 13.5. The highest BCUT2D eigenvalue weighted by Crippen LogP contribution is 2.12. The number of halogens is 1. The summed E-state index contributed by atoms with van der Waals surface area (Å²) in [5.74, 6) is -0.941. The molecule has 1 aromatic heterocycles. The van der Waals surface area contributed by atoms with Crippen LogP contribution in [0, 0.1) is 19.7 Å². The van der Waals surface area contributed by atoms with Gasteiger partial charge < -0.3 is 15.7 Å². The zero-order chi connectivity index (χ0) is 17.5. The SMILES string of the molecule is Cc1nn(CCO)c(C)c1CNCCNC(=O)c1ccccc1F. The van der Waals surface area contributed by atoms with Crippen molar-refractivity contribution < 1.29 is 14.3 Å². The van der Waals surface area contributed by atoms with E-state index < -0.39 is 11.7 Å². The Bertz CT molecular complexity index is 700. The number of aliphatic hydroxyl groups excluding tert-OH is 1. The van der Waals surface area contributed by atoms with Crippen LogP contribution in [0.5, 0.6) is 0 Å². The molecule has 24 heavy (non-hydrogen) atoms. The number of aryl methyl sites for hydroxylation is 1. The zero-order valence-corrected chi connectivity index (χ0v) is 14.0. The standard InChI is InChI=1S/C17H23FN4O2/c1-12-15(13(2)22(21-12)9-10-23)11-19-7-8-20-17(24)14-5-3-4-6-16(14)18/h3-6,19,23H,7-11H2,1-2H3,(H,20,24). The first kappa shape index (κ1) is 18.1. The van der Waals surface area contributed by atoms with Gasteiger partial charge in [0.2, 0.25) is 0 Å². The summed E-state index contributed by atoms with van der Waals surface area (Å²) in [5.41, 5.74) is 3.08. The summed E-state index contributed by atoms with van der Waals surface area (Å²) in [6.07, 6.45) is 0. The van der Waals surface area contributed by atoms with Crippen molar-refractivity contribution in [1.82, 2.24) is 20.4 Å². The largest absolute Gasteiger partial charge is 0.394 e. The molecule has 0 aliphatic carbocycles. The van der Waals surface area contributed by atoms with Crippen molar-refractivity contribution in [3.05, 3.63) is 52.6 Å². The van der Waals surface area contributed by atoms with Crippen LogP contribution in [0.25, 0.3) is 0 Å². The maximum atomic E-state index is 13.5. The van der Waals surface area contributed by atoms with Crippen molar-refractivity contribution in [1.29, 1.82) is 0 Å². The van der Waals surface area contributed by atoms with Crippen molar-refractivity contribution >= 4 is 5.91 Å². The van der Waals surface area contributed by atoms with E-state index in [0.29, 0.717) is 26.2 Å². The van der Waals surface area contributed by atoms with E-state index in [1.807, 2.05) is 13.8 Å². The minimum atomic E-state index is -0.523. The van der Waals surface area contributed by atoms with Crippen LogP contribution in [-0.4, -0.2) is 40.5 Å². The molecule has 3 N–H and O–H groups in total. The van der Waals surface area contributed by atoms with Gasteiger partial charge in [-0.05, 0) is 26.0 Å². The summed E-state index contributed by atoms with van der Waals surface area (Å²) in [6, 6.07) is 5.91. The molecule has 7 heteroatoms. The van der Waals surface area contributed by atoms with Gasteiger partial charge in [0, 0.05) is 30.9 Å². The predicted octanol–water partition coefficient (Wildman–Crippen LogP) is 1.15. The Morgan fingerprint density at radius 3 is 2.75 bits per heavy atom. The first-order chi connectivity index (χ1) is 11.5. The van der Waals surface area contributed by atoms with Crippen molar-refractivity contribution in [2.75, 3.05) is 19.7 Å². The Morgan fingerprint density at radius 1 is 1.29 bits per heavy atom. The number of aliphatic hydroxyl groups is 1. The van der Waals surface area contributed by atoms with Crippen LogP contribution < -0.4 is 10.6 Å². The molecule has 0 spiro atoms. The van der Waals surface area contributed by atoms with Gasteiger partial charge in [-0.25, -0.2) is 4.39 Å². The molecule has 0 unspecified atom stereocenters. The second-order valence-electron chi connectivity index (χ2n) is 5.51. The third-order valence-corrected chi connectivity index (χ3v) is 3.85. The molecule has 130 valence electrons. The fraction of sp³-hybridized carbons (Fsp3) is 0.412. The first-order valence-corrected chi connectivity index (χ1v) is 7.91. The molecule has 0 aliphatic rings. The maximum Gasteiger partial charge on any atom is 0.254 e. The van der Waals surface area contributed by atoms with Gasteiger partial charge in [-0.3, -0.25) is 9.48 Å². The molecule has 2 aromatic rings. The van der Waals surface area contributed by atoms with Gasteiger partial charge in [0.25, 0.3) is 5.91 Å². The highest BCUT2D eigenvalue weighted by molar-refractivity contribution is 5.94. The highest BCUT2D eigenvalue weighted by atomic mass is 19.1. The molecule has 0 saturated heterocycles. The Balaban J connectivity index is 1.78. The van der Waals surface area contributed by atoms with Crippen molar-refractivity contribution in [3.63, 3.8) is 0 Å². The van der Waals surface area contributed by atoms with Crippen LogP contribution in [0.2, 0.25) is 0 Å². The van der Waals surface area contributed by atoms with Crippen LogP contribution in [0.15, 0.2) is 24.3 Å². The van der Waals surface area contributed by atoms with E-state index in [2.05, 4.69) is 15.7 Å². The lowest BCUT2D eigenvalue weighted by atomic mass is 10.2. The van der Waals surface area contributed by atoms with Crippen molar-refractivity contribution in [2.24, 2.45) is 0 Å². The van der Waals surface area contributed by atoms with Crippen LogP contribution in [0.1, 0.15) is 27.3 Å². The Labute approximate surface area is 140 Å². The third kappa shape index (κ3) is 4.39. The van der Waals surface area contributed by atoms with Gasteiger partial charge in [0.1, 0.15) is 5.82 Å². The summed E-state index contributed by atoms with van der Waals surface area (Å²) in [6.45, 7) is 6.01. The Kier molecular flexibility index (Phi) is 6.45. The van der Waals surface area contributed by atoms with E-state index in [0.717, 1.165) is 17.0 Å². The number of hydrogen-bond donors (Lipinski definition) is 3. The summed E-state index contributed by atoms with van der Waals surface area (Å²) in [5, 5.41) is 19.3. The average molecular weight is 334 g/mol. The van der Waals surface area contributed by atoms with Gasteiger partial charge in [-0.1, -0.05) is 12.1 Å².